The van der Waals surface area contributed by atoms with E-state index in [1.54, 1.807) is 44.2 Å². The molecule has 0 saturated heterocycles. The Bertz CT molecular complexity index is 1600. The smallest absolute Gasteiger partial charge is 0.375 e. The molecule has 8 nitrogen and oxygen atoms in total. The molecule has 45 heavy (non-hydrogen) atoms. The summed E-state index contributed by atoms with van der Waals surface area (Å²) in [5.74, 6) is -2.74. The number of aliphatic hydroxyl groups is 1. The number of halogens is 1. The van der Waals surface area contributed by atoms with E-state index in [4.69, 9.17) is 13.9 Å². The standard InChI is InChI=1S/C35H37FO8S/c1-20-16-26-25-12-9-22-17-23(37)13-14-32(22,2)34(25,36)29(39)18-33(26,3)35(20,44-30(40)28-6-5-15-43-28)31(41)45-19-27(38)21-7-10-24(42-4)11-8-21/h5-8,10-11,13-15,17,20,25-26,29,39H,9,12,16,18-19H2,1-4H3/t20-,25+,26+,29+,32+,33+,34+,35+/m1/s1. The lowest BCUT2D eigenvalue weighted by Gasteiger charge is -2.62. The normalized spacial score (nSPS) is 36.8. The van der Waals surface area contributed by atoms with E-state index in [0.717, 1.165) is 11.8 Å². The molecule has 4 aliphatic carbocycles. The number of alkyl halides is 1. The number of hydrogen-bond acceptors (Lipinski definition) is 9. The molecule has 6 rings (SSSR count). The lowest BCUT2D eigenvalue weighted by Crippen LogP contribution is -2.69. The zero-order valence-electron chi connectivity index (χ0n) is 25.7. The van der Waals surface area contributed by atoms with Crippen LogP contribution in [-0.2, 0) is 14.3 Å². The highest BCUT2D eigenvalue weighted by atomic mass is 32.2. The van der Waals surface area contributed by atoms with Gasteiger partial charge >= 0.3 is 5.97 Å². The van der Waals surface area contributed by atoms with Gasteiger partial charge in [-0.2, -0.15) is 0 Å². The summed E-state index contributed by atoms with van der Waals surface area (Å²) >= 11 is 0.769. The Kier molecular flexibility index (Phi) is 7.76. The van der Waals surface area contributed by atoms with Crippen LogP contribution in [0.4, 0.5) is 4.39 Å². The second-order valence-corrected chi connectivity index (χ2v) is 14.2. The van der Waals surface area contributed by atoms with E-state index in [1.807, 2.05) is 6.92 Å². The Morgan fingerprint density at radius 3 is 2.53 bits per heavy atom. The number of fused-ring (bicyclic) bond motifs is 5. The second kappa shape index (κ2) is 11.1. The van der Waals surface area contributed by atoms with Crippen LogP contribution in [0.1, 0.15) is 67.4 Å². The van der Waals surface area contributed by atoms with E-state index < -0.39 is 57.0 Å². The minimum absolute atomic E-state index is 0.0890. The molecule has 0 radical (unpaired) electrons. The van der Waals surface area contributed by atoms with Crippen molar-refractivity contribution in [3.63, 3.8) is 0 Å². The van der Waals surface area contributed by atoms with Crippen LogP contribution in [0.2, 0.25) is 0 Å². The van der Waals surface area contributed by atoms with Gasteiger partial charge in [-0.1, -0.05) is 37.3 Å². The van der Waals surface area contributed by atoms with Gasteiger partial charge < -0.3 is 19.0 Å². The minimum atomic E-state index is -2.11. The molecule has 4 aliphatic rings. The van der Waals surface area contributed by atoms with Crippen molar-refractivity contribution in [2.75, 3.05) is 12.9 Å². The topological polar surface area (TPSA) is 120 Å². The van der Waals surface area contributed by atoms with Gasteiger partial charge in [0.05, 0.1) is 25.2 Å². The van der Waals surface area contributed by atoms with E-state index in [0.29, 0.717) is 36.1 Å². The number of ketones is 2. The van der Waals surface area contributed by atoms with Crippen molar-refractivity contribution in [1.29, 1.82) is 0 Å². The van der Waals surface area contributed by atoms with Gasteiger partial charge in [0.25, 0.3) is 0 Å². The number of furan rings is 1. The first-order valence-electron chi connectivity index (χ1n) is 15.2. The summed E-state index contributed by atoms with van der Waals surface area (Å²) in [5.41, 5.74) is -5.22. The first-order valence-corrected chi connectivity index (χ1v) is 16.2. The first kappa shape index (κ1) is 31.5. The van der Waals surface area contributed by atoms with Crippen molar-refractivity contribution >= 4 is 34.4 Å². The van der Waals surface area contributed by atoms with Gasteiger partial charge in [-0.05, 0) is 87.1 Å². The van der Waals surface area contributed by atoms with Gasteiger partial charge in [-0.25, -0.2) is 9.18 Å². The predicted molar refractivity (Wildman–Crippen MR) is 165 cm³/mol. The maximum Gasteiger partial charge on any atom is 0.375 e. The molecule has 0 bridgehead atoms. The van der Waals surface area contributed by atoms with Crippen LogP contribution >= 0.6 is 11.8 Å². The number of esters is 1. The van der Waals surface area contributed by atoms with Gasteiger partial charge in [0, 0.05) is 28.2 Å². The number of aliphatic hydroxyl groups excluding tert-OH is 1. The Hall–Kier alpha value is -3.50. The van der Waals surface area contributed by atoms with Crippen LogP contribution in [0, 0.1) is 28.6 Å². The van der Waals surface area contributed by atoms with E-state index in [1.165, 1.54) is 37.7 Å². The van der Waals surface area contributed by atoms with Crippen LogP contribution in [0.3, 0.4) is 0 Å². The highest BCUT2D eigenvalue weighted by Gasteiger charge is 2.77. The fraction of sp³-hybridized carbons (Fsp3) is 0.486. The molecule has 8 atom stereocenters. The summed E-state index contributed by atoms with van der Waals surface area (Å²) in [7, 11) is 1.52. The Morgan fingerprint density at radius 2 is 1.87 bits per heavy atom. The van der Waals surface area contributed by atoms with Gasteiger partial charge in [0.2, 0.25) is 10.9 Å². The van der Waals surface area contributed by atoms with E-state index in [2.05, 4.69) is 0 Å². The molecule has 238 valence electrons. The third-order valence-electron chi connectivity index (χ3n) is 11.2. The minimum Gasteiger partial charge on any atom is -0.497 e. The fourth-order valence-corrected chi connectivity index (χ4v) is 10.0. The number of hydrogen-bond donors (Lipinski definition) is 1. The first-order chi connectivity index (χ1) is 21.3. The second-order valence-electron chi connectivity index (χ2n) is 13.2. The lowest BCUT2D eigenvalue weighted by atomic mass is 9.45. The van der Waals surface area contributed by atoms with Crippen molar-refractivity contribution in [1.82, 2.24) is 0 Å². The molecular formula is C35H37FO8S. The molecule has 1 N–H and O–H groups in total. The molecule has 0 unspecified atom stereocenters. The molecule has 3 saturated carbocycles. The van der Waals surface area contributed by atoms with Gasteiger partial charge in [-0.15, -0.1) is 0 Å². The number of Topliss-reactive ketones (excluding diaryl/α,β-unsaturated/α-hetero) is 1. The summed E-state index contributed by atoms with van der Waals surface area (Å²) in [6, 6.07) is 9.53. The Morgan fingerprint density at radius 1 is 1.13 bits per heavy atom. The van der Waals surface area contributed by atoms with E-state index in [9.17, 15) is 24.3 Å². The molecule has 1 aromatic heterocycles. The van der Waals surface area contributed by atoms with Crippen molar-refractivity contribution in [2.24, 2.45) is 28.6 Å². The number of benzene rings is 1. The van der Waals surface area contributed by atoms with E-state index in [-0.39, 0.29) is 29.5 Å². The number of methoxy groups -OCH3 is 1. The van der Waals surface area contributed by atoms with Crippen molar-refractivity contribution < 1.29 is 42.6 Å². The zero-order valence-corrected chi connectivity index (χ0v) is 26.5. The van der Waals surface area contributed by atoms with Gasteiger partial charge in [-0.3, -0.25) is 14.4 Å². The average Bonchev–Trinajstić information content (AvgIpc) is 3.63. The molecule has 0 amide bonds. The van der Waals surface area contributed by atoms with Crippen LogP contribution in [0.25, 0.3) is 0 Å². The molecule has 2 aromatic rings. The van der Waals surface area contributed by atoms with Crippen molar-refractivity contribution in [3.8, 4) is 5.75 Å². The maximum absolute atomic E-state index is 17.7. The third-order valence-corrected chi connectivity index (χ3v) is 12.2. The van der Waals surface area contributed by atoms with Gasteiger partial charge in [0.15, 0.2) is 22.8 Å². The van der Waals surface area contributed by atoms with Gasteiger partial charge in [0.1, 0.15) is 5.75 Å². The molecule has 0 aliphatic heterocycles. The number of thioether (sulfide) groups is 1. The van der Waals surface area contributed by atoms with Crippen molar-refractivity contribution in [3.05, 3.63) is 77.8 Å². The largest absolute Gasteiger partial charge is 0.497 e. The van der Waals surface area contributed by atoms with Crippen LogP contribution < -0.4 is 4.74 Å². The van der Waals surface area contributed by atoms with Crippen LogP contribution in [0.5, 0.6) is 5.75 Å². The van der Waals surface area contributed by atoms with Crippen molar-refractivity contribution in [2.45, 2.75) is 63.8 Å². The number of rotatable bonds is 7. The quantitative estimate of drug-likeness (QED) is 0.291. The molecule has 1 heterocycles. The summed E-state index contributed by atoms with van der Waals surface area (Å²) in [6.07, 6.45) is 5.25. The summed E-state index contributed by atoms with van der Waals surface area (Å²) < 4.78 is 34.4. The average molecular weight is 637 g/mol. The van der Waals surface area contributed by atoms with Crippen LogP contribution in [0.15, 0.2) is 70.9 Å². The summed E-state index contributed by atoms with van der Waals surface area (Å²) in [5, 5.41) is 11.3. The van der Waals surface area contributed by atoms with E-state index >= 15 is 4.39 Å². The van der Waals surface area contributed by atoms with Crippen LogP contribution in [-0.4, -0.2) is 58.0 Å². The monoisotopic (exact) mass is 636 g/mol. The highest BCUT2D eigenvalue weighted by Crippen LogP contribution is 2.71. The fourth-order valence-electron chi connectivity index (χ4n) is 8.91. The highest BCUT2D eigenvalue weighted by molar-refractivity contribution is 8.14. The predicted octanol–water partition coefficient (Wildman–Crippen LogP) is 5.94. The molecule has 3 fully saturated rings. The molecule has 1 aromatic carbocycles. The Labute approximate surface area is 265 Å². The number of ether oxygens (including phenoxy) is 2. The number of carbonyl (C=O) groups excluding carboxylic acids is 4. The summed E-state index contributed by atoms with van der Waals surface area (Å²) in [6.45, 7) is 5.34. The number of carbonyl (C=O) groups is 4. The summed E-state index contributed by atoms with van der Waals surface area (Å²) in [4.78, 5) is 53.3. The molecular weight excluding hydrogens is 599 g/mol. The maximum atomic E-state index is 17.7. The third kappa shape index (κ3) is 4.50. The molecule has 10 heteroatoms. The Balaban J connectivity index is 1.37. The zero-order chi connectivity index (χ0) is 32.4. The molecule has 0 spiro atoms. The number of allylic oxidation sites excluding steroid dienone is 4. The lowest BCUT2D eigenvalue weighted by molar-refractivity contribution is -0.216. The SMILES string of the molecule is COc1ccc(C(=O)CSC(=O)[C@@]2(OC(=O)c3ccco3)[C@H](C)C[C@H]3[C@@H]4CCC5=CC(=O)C=C[C@]5(C)[C@@]4(F)[C@@H](O)C[C@@]32C)cc1.